The van der Waals surface area contributed by atoms with E-state index in [0.717, 1.165) is 5.56 Å². The van der Waals surface area contributed by atoms with Gasteiger partial charge in [-0.25, -0.2) is 0 Å². The van der Waals surface area contributed by atoms with Crippen LogP contribution in [0.2, 0.25) is 0 Å². The van der Waals surface area contributed by atoms with Gasteiger partial charge in [0.15, 0.2) is 0 Å². The quantitative estimate of drug-likeness (QED) is 0.913. The SMILES string of the molecule is Cc1ccc(-c2nnc(CCC(=O)N3CC(O)C3)o2)cc1. The van der Waals surface area contributed by atoms with Crippen molar-refractivity contribution < 1.29 is 14.3 Å². The second-order valence-corrected chi connectivity index (χ2v) is 5.32. The molecular formula is C15H17N3O3. The van der Waals surface area contributed by atoms with Crippen LogP contribution in [0.4, 0.5) is 0 Å². The maximum Gasteiger partial charge on any atom is 0.247 e. The second-order valence-electron chi connectivity index (χ2n) is 5.32. The standard InChI is InChI=1S/C15H17N3O3/c1-10-2-4-11(5-3-10)15-17-16-13(21-15)6-7-14(20)18-8-12(19)9-18/h2-5,12,19H,6-9H2,1H3. The number of aryl methyl sites for hydroxylation is 2. The minimum Gasteiger partial charge on any atom is -0.421 e. The van der Waals surface area contributed by atoms with Gasteiger partial charge in [0.05, 0.1) is 6.10 Å². The Morgan fingerprint density at radius 2 is 2.05 bits per heavy atom. The molecule has 0 bridgehead atoms. The van der Waals surface area contributed by atoms with Crippen LogP contribution in [0.1, 0.15) is 17.9 Å². The van der Waals surface area contributed by atoms with Gasteiger partial charge in [-0.05, 0) is 19.1 Å². The van der Waals surface area contributed by atoms with Crippen LogP contribution in [0.25, 0.3) is 11.5 Å². The first-order chi connectivity index (χ1) is 10.1. The normalized spacial score (nSPS) is 15.0. The van der Waals surface area contributed by atoms with Crippen LogP contribution in [-0.2, 0) is 11.2 Å². The van der Waals surface area contributed by atoms with Crippen molar-refractivity contribution in [1.29, 1.82) is 0 Å². The lowest BCUT2D eigenvalue weighted by atomic mass is 10.1. The van der Waals surface area contributed by atoms with Crippen LogP contribution in [0, 0.1) is 6.92 Å². The highest BCUT2D eigenvalue weighted by Crippen LogP contribution is 2.19. The number of carbonyl (C=O) groups is 1. The van der Waals surface area contributed by atoms with E-state index in [9.17, 15) is 4.79 Å². The van der Waals surface area contributed by atoms with Gasteiger partial charge >= 0.3 is 0 Å². The summed E-state index contributed by atoms with van der Waals surface area (Å²) < 4.78 is 5.57. The highest BCUT2D eigenvalue weighted by molar-refractivity contribution is 5.77. The first-order valence-corrected chi connectivity index (χ1v) is 6.97. The van der Waals surface area contributed by atoms with E-state index in [0.29, 0.717) is 37.7 Å². The summed E-state index contributed by atoms with van der Waals surface area (Å²) in [6.45, 7) is 2.87. The fraction of sp³-hybridized carbons (Fsp3) is 0.400. The predicted molar refractivity (Wildman–Crippen MR) is 75.4 cm³/mol. The largest absolute Gasteiger partial charge is 0.421 e. The van der Waals surface area contributed by atoms with Crippen LogP contribution >= 0.6 is 0 Å². The van der Waals surface area contributed by atoms with Crippen LogP contribution in [0.5, 0.6) is 0 Å². The summed E-state index contributed by atoms with van der Waals surface area (Å²) in [7, 11) is 0. The third-order valence-electron chi connectivity index (χ3n) is 3.53. The van der Waals surface area contributed by atoms with E-state index in [4.69, 9.17) is 9.52 Å². The van der Waals surface area contributed by atoms with E-state index in [1.807, 2.05) is 31.2 Å². The van der Waals surface area contributed by atoms with Gasteiger partial charge in [0.25, 0.3) is 0 Å². The lowest BCUT2D eigenvalue weighted by Gasteiger charge is -2.35. The molecule has 21 heavy (non-hydrogen) atoms. The number of hydrogen-bond donors (Lipinski definition) is 1. The molecule has 6 heteroatoms. The van der Waals surface area contributed by atoms with Gasteiger partial charge in [-0.15, -0.1) is 10.2 Å². The summed E-state index contributed by atoms with van der Waals surface area (Å²) in [5.41, 5.74) is 2.04. The number of carbonyl (C=O) groups excluding carboxylic acids is 1. The zero-order valence-corrected chi connectivity index (χ0v) is 11.8. The number of aromatic nitrogens is 2. The minimum atomic E-state index is -0.370. The molecule has 3 rings (SSSR count). The minimum absolute atomic E-state index is 0.00962. The zero-order chi connectivity index (χ0) is 14.8. The smallest absolute Gasteiger partial charge is 0.247 e. The Balaban J connectivity index is 1.58. The Morgan fingerprint density at radius 3 is 2.71 bits per heavy atom. The average molecular weight is 287 g/mol. The van der Waals surface area contributed by atoms with Crippen molar-refractivity contribution in [3.8, 4) is 11.5 Å². The van der Waals surface area contributed by atoms with Crippen LogP contribution < -0.4 is 0 Å². The Kier molecular flexibility index (Phi) is 3.70. The van der Waals surface area contributed by atoms with Gasteiger partial charge in [0, 0.05) is 31.5 Å². The number of hydrogen-bond acceptors (Lipinski definition) is 5. The molecule has 0 spiro atoms. The van der Waals surface area contributed by atoms with E-state index in [1.54, 1.807) is 4.90 Å². The maximum atomic E-state index is 11.8. The highest BCUT2D eigenvalue weighted by Gasteiger charge is 2.28. The lowest BCUT2D eigenvalue weighted by molar-refractivity contribution is -0.141. The molecule has 1 fully saturated rings. The third-order valence-corrected chi connectivity index (χ3v) is 3.53. The van der Waals surface area contributed by atoms with E-state index in [2.05, 4.69) is 10.2 Å². The van der Waals surface area contributed by atoms with Crippen molar-refractivity contribution in [2.24, 2.45) is 0 Å². The maximum absolute atomic E-state index is 11.8. The number of amides is 1. The summed E-state index contributed by atoms with van der Waals surface area (Å²) in [6, 6.07) is 7.83. The Hall–Kier alpha value is -2.21. The summed E-state index contributed by atoms with van der Waals surface area (Å²) in [5, 5.41) is 17.1. The number of β-amino-alcohol motifs (C(OH)–C–C–N with tert-alkyl or cyclic N) is 1. The van der Waals surface area contributed by atoms with Crippen molar-refractivity contribution >= 4 is 5.91 Å². The van der Waals surface area contributed by atoms with E-state index < -0.39 is 0 Å². The molecule has 1 aromatic heterocycles. The molecule has 2 heterocycles. The molecule has 1 aliphatic rings. The molecule has 6 nitrogen and oxygen atoms in total. The molecule has 1 N–H and O–H groups in total. The van der Waals surface area contributed by atoms with Gasteiger partial charge in [-0.1, -0.05) is 17.7 Å². The number of rotatable bonds is 4. The number of nitrogens with zero attached hydrogens (tertiary/aromatic N) is 3. The van der Waals surface area contributed by atoms with Gasteiger partial charge in [-0.2, -0.15) is 0 Å². The number of aliphatic hydroxyl groups excluding tert-OH is 1. The molecule has 1 saturated heterocycles. The number of aliphatic hydroxyl groups is 1. The van der Waals surface area contributed by atoms with E-state index in [-0.39, 0.29) is 12.0 Å². The Bertz CT molecular complexity index is 630. The zero-order valence-electron chi connectivity index (χ0n) is 11.8. The molecule has 0 aliphatic carbocycles. The second kappa shape index (κ2) is 5.65. The Labute approximate surface area is 122 Å². The molecule has 0 saturated carbocycles. The first-order valence-electron chi connectivity index (χ1n) is 6.97. The summed E-state index contributed by atoms with van der Waals surface area (Å²) in [6.07, 6.45) is 0.373. The monoisotopic (exact) mass is 287 g/mol. The van der Waals surface area contributed by atoms with E-state index >= 15 is 0 Å². The van der Waals surface area contributed by atoms with Gasteiger partial charge < -0.3 is 14.4 Å². The van der Waals surface area contributed by atoms with Crippen molar-refractivity contribution in [3.63, 3.8) is 0 Å². The lowest BCUT2D eigenvalue weighted by Crippen LogP contribution is -2.53. The molecule has 1 aliphatic heterocycles. The molecular weight excluding hydrogens is 270 g/mol. The molecule has 0 atom stereocenters. The predicted octanol–water partition coefficient (Wildman–Crippen LogP) is 1.18. The third kappa shape index (κ3) is 3.11. The number of likely N-dealkylation sites (tertiary alicyclic amines) is 1. The van der Waals surface area contributed by atoms with Crippen LogP contribution in [0.3, 0.4) is 0 Å². The molecule has 2 aromatic rings. The molecule has 110 valence electrons. The fourth-order valence-electron chi connectivity index (χ4n) is 2.20. The Morgan fingerprint density at radius 1 is 1.33 bits per heavy atom. The van der Waals surface area contributed by atoms with Crippen molar-refractivity contribution in [1.82, 2.24) is 15.1 Å². The molecule has 0 unspecified atom stereocenters. The summed E-state index contributed by atoms with van der Waals surface area (Å²) in [5.74, 6) is 0.937. The molecule has 0 radical (unpaired) electrons. The highest BCUT2D eigenvalue weighted by atomic mass is 16.4. The van der Waals surface area contributed by atoms with Crippen LogP contribution in [0.15, 0.2) is 28.7 Å². The van der Waals surface area contributed by atoms with E-state index in [1.165, 1.54) is 5.56 Å². The number of benzene rings is 1. The van der Waals surface area contributed by atoms with Crippen molar-refractivity contribution in [3.05, 3.63) is 35.7 Å². The van der Waals surface area contributed by atoms with Crippen molar-refractivity contribution in [2.45, 2.75) is 25.9 Å². The van der Waals surface area contributed by atoms with Gasteiger partial charge in [0.2, 0.25) is 17.7 Å². The van der Waals surface area contributed by atoms with Crippen LogP contribution in [-0.4, -0.2) is 45.3 Å². The summed E-state index contributed by atoms with van der Waals surface area (Å²) >= 11 is 0. The fourth-order valence-corrected chi connectivity index (χ4v) is 2.20. The first kappa shape index (κ1) is 13.8. The van der Waals surface area contributed by atoms with Crippen molar-refractivity contribution in [2.75, 3.05) is 13.1 Å². The topological polar surface area (TPSA) is 79.5 Å². The average Bonchev–Trinajstić information content (AvgIpc) is 2.91. The summed E-state index contributed by atoms with van der Waals surface area (Å²) in [4.78, 5) is 13.4. The van der Waals surface area contributed by atoms with Gasteiger partial charge in [-0.3, -0.25) is 4.79 Å². The van der Waals surface area contributed by atoms with Gasteiger partial charge in [0.1, 0.15) is 0 Å². The molecule has 1 amide bonds. The molecule has 1 aromatic carbocycles.